The number of aliphatic imine (C=N–C) groups is 2. The molecule has 1 aromatic heterocycles. The molecular formula is C48H35N3O. The third-order valence-corrected chi connectivity index (χ3v) is 9.83. The highest BCUT2D eigenvalue weighted by Gasteiger charge is 2.16. The monoisotopic (exact) mass is 669 g/mol. The summed E-state index contributed by atoms with van der Waals surface area (Å²) < 4.78 is 6.40. The second kappa shape index (κ2) is 13.5. The van der Waals surface area contributed by atoms with Gasteiger partial charge in [0.05, 0.1) is 6.54 Å². The second-order valence-corrected chi connectivity index (χ2v) is 12.9. The van der Waals surface area contributed by atoms with E-state index < -0.39 is 0 Å². The first-order valence-electron chi connectivity index (χ1n) is 17.6. The quantitative estimate of drug-likeness (QED) is 0.141. The molecule has 9 aromatic rings. The molecule has 248 valence electrons. The minimum absolute atomic E-state index is 0.433. The summed E-state index contributed by atoms with van der Waals surface area (Å²) in [4.78, 5) is 10.5. The molecule has 0 saturated heterocycles. The highest BCUT2D eigenvalue weighted by molar-refractivity contribution is 6.18. The molecular weight excluding hydrogens is 635 g/mol. The number of rotatable bonds is 6. The van der Waals surface area contributed by atoms with E-state index in [1.54, 1.807) is 0 Å². The SMILES string of the molecule is CN/C(=N\C(=N/Cc1cccc2oc3ccc(-c4cccc5ccccc45)cc3c12)c1ccccc1)c1ccc(-c2ccccc2)c2ccccc12. The topological polar surface area (TPSA) is 49.9 Å². The molecule has 0 unspecified atom stereocenters. The maximum Gasteiger partial charge on any atom is 0.157 e. The van der Waals surface area contributed by atoms with E-state index in [0.717, 1.165) is 55.4 Å². The van der Waals surface area contributed by atoms with Crippen molar-refractivity contribution in [2.24, 2.45) is 9.98 Å². The van der Waals surface area contributed by atoms with Gasteiger partial charge in [0, 0.05) is 28.9 Å². The van der Waals surface area contributed by atoms with Crippen LogP contribution < -0.4 is 5.32 Å². The van der Waals surface area contributed by atoms with Crippen molar-refractivity contribution in [3.05, 3.63) is 193 Å². The second-order valence-electron chi connectivity index (χ2n) is 12.9. The predicted octanol–water partition coefficient (Wildman–Crippen LogP) is 11.8. The van der Waals surface area contributed by atoms with Gasteiger partial charge in [-0.3, -0.25) is 4.99 Å². The van der Waals surface area contributed by atoms with Crippen LogP contribution >= 0.6 is 0 Å². The number of hydrogen-bond donors (Lipinski definition) is 1. The van der Waals surface area contributed by atoms with Crippen molar-refractivity contribution in [1.82, 2.24) is 5.32 Å². The van der Waals surface area contributed by atoms with E-state index in [0.29, 0.717) is 12.4 Å². The summed E-state index contributed by atoms with van der Waals surface area (Å²) in [5.41, 5.74) is 9.50. The van der Waals surface area contributed by atoms with Crippen LogP contribution in [0, 0.1) is 0 Å². The molecule has 1 N–H and O–H groups in total. The summed E-state index contributed by atoms with van der Waals surface area (Å²) in [5, 5.41) is 10.3. The summed E-state index contributed by atoms with van der Waals surface area (Å²) in [6.45, 7) is 0.433. The molecule has 52 heavy (non-hydrogen) atoms. The molecule has 0 aliphatic rings. The normalized spacial score (nSPS) is 12.2. The first-order valence-corrected chi connectivity index (χ1v) is 17.6. The summed E-state index contributed by atoms with van der Waals surface area (Å²) in [5.74, 6) is 1.41. The molecule has 8 aromatic carbocycles. The van der Waals surface area contributed by atoms with E-state index in [1.165, 1.54) is 32.8 Å². The van der Waals surface area contributed by atoms with Gasteiger partial charge in [0.2, 0.25) is 0 Å². The molecule has 0 aliphatic carbocycles. The van der Waals surface area contributed by atoms with E-state index in [-0.39, 0.29) is 0 Å². The van der Waals surface area contributed by atoms with Gasteiger partial charge in [-0.25, -0.2) is 4.99 Å². The molecule has 0 fully saturated rings. The summed E-state index contributed by atoms with van der Waals surface area (Å²) >= 11 is 0. The lowest BCUT2D eigenvalue weighted by Gasteiger charge is -2.14. The number of furan rings is 1. The number of nitrogens with one attached hydrogen (secondary N) is 1. The fraction of sp³-hybridized carbons (Fsp3) is 0.0417. The van der Waals surface area contributed by atoms with Gasteiger partial charge in [-0.2, -0.15) is 0 Å². The fourth-order valence-electron chi connectivity index (χ4n) is 7.35. The lowest BCUT2D eigenvalue weighted by Crippen LogP contribution is -2.22. The van der Waals surface area contributed by atoms with Crippen LogP contribution in [-0.4, -0.2) is 18.7 Å². The zero-order valence-electron chi connectivity index (χ0n) is 28.8. The Labute approximate surface area is 302 Å². The van der Waals surface area contributed by atoms with Gasteiger partial charge in [-0.1, -0.05) is 158 Å². The molecule has 9 rings (SSSR count). The molecule has 0 saturated carbocycles. The third kappa shape index (κ3) is 5.70. The van der Waals surface area contributed by atoms with Gasteiger partial charge >= 0.3 is 0 Å². The van der Waals surface area contributed by atoms with Crippen molar-refractivity contribution in [3.63, 3.8) is 0 Å². The molecule has 0 bridgehead atoms. The molecule has 0 amide bonds. The number of nitrogens with zero attached hydrogens (tertiary/aromatic N) is 2. The standard InChI is InChI=1S/C48H35N3O/c1-49-48(42-28-27-39(32-14-4-2-5-15-32)40-22-10-11-23-41(40)42)51-47(34-17-6-3-7-18-34)50-31-36-20-13-25-45-46(36)43-30-35(26-29-44(43)52-45)38-24-12-19-33-16-8-9-21-37(33)38/h2-30H,31H2,1H3,(H,49,50,51). The van der Waals surface area contributed by atoms with Crippen molar-refractivity contribution in [2.75, 3.05) is 7.05 Å². The molecule has 0 aliphatic heterocycles. The molecule has 4 heteroatoms. The summed E-state index contributed by atoms with van der Waals surface area (Å²) in [6, 6.07) is 61.4. The summed E-state index contributed by atoms with van der Waals surface area (Å²) in [7, 11) is 1.92. The van der Waals surface area contributed by atoms with Crippen molar-refractivity contribution in [3.8, 4) is 22.3 Å². The van der Waals surface area contributed by atoms with E-state index in [1.807, 2.05) is 37.4 Å². The summed E-state index contributed by atoms with van der Waals surface area (Å²) in [6.07, 6.45) is 0. The molecule has 1 heterocycles. The Morgan fingerprint density at radius 3 is 2.06 bits per heavy atom. The largest absolute Gasteiger partial charge is 0.456 e. The Morgan fingerprint density at radius 2 is 1.23 bits per heavy atom. The average Bonchev–Trinajstić information content (AvgIpc) is 3.60. The van der Waals surface area contributed by atoms with Crippen LogP contribution in [0.5, 0.6) is 0 Å². The van der Waals surface area contributed by atoms with Crippen LogP contribution in [0.15, 0.2) is 190 Å². The maximum absolute atomic E-state index is 6.40. The molecule has 4 nitrogen and oxygen atoms in total. The lowest BCUT2D eigenvalue weighted by molar-refractivity contribution is 0.668. The van der Waals surface area contributed by atoms with Gasteiger partial charge in [0.15, 0.2) is 5.84 Å². The van der Waals surface area contributed by atoms with E-state index in [4.69, 9.17) is 14.4 Å². The Hall–Kier alpha value is -6.78. The smallest absolute Gasteiger partial charge is 0.157 e. The van der Waals surface area contributed by atoms with Crippen LogP contribution in [0.2, 0.25) is 0 Å². The molecule has 0 atom stereocenters. The van der Waals surface area contributed by atoms with Crippen LogP contribution in [-0.2, 0) is 6.54 Å². The van der Waals surface area contributed by atoms with E-state index >= 15 is 0 Å². The van der Waals surface area contributed by atoms with Crippen molar-refractivity contribution < 1.29 is 4.42 Å². The third-order valence-electron chi connectivity index (χ3n) is 9.83. The van der Waals surface area contributed by atoms with Gasteiger partial charge in [-0.15, -0.1) is 0 Å². The highest BCUT2D eigenvalue weighted by atomic mass is 16.3. The first kappa shape index (κ1) is 31.2. The average molecular weight is 670 g/mol. The fourth-order valence-corrected chi connectivity index (χ4v) is 7.35. The Morgan fingerprint density at radius 1 is 0.538 bits per heavy atom. The Bertz CT molecular complexity index is 2790. The Kier molecular flexibility index (Phi) is 8.11. The van der Waals surface area contributed by atoms with Gasteiger partial charge in [-0.05, 0) is 67.6 Å². The predicted molar refractivity (Wildman–Crippen MR) is 218 cm³/mol. The minimum atomic E-state index is 0.433. The number of hydrogen-bond acceptors (Lipinski definition) is 2. The van der Waals surface area contributed by atoms with E-state index in [9.17, 15) is 0 Å². The van der Waals surface area contributed by atoms with Gasteiger partial charge in [0.25, 0.3) is 0 Å². The zero-order chi connectivity index (χ0) is 34.9. The molecule has 0 spiro atoms. The van der Waals surface area contributed by atoms with Crippen LogP contribution in [0.3, 0.4) is 0 Å². The van der Waals surface area contributed by atoms with Gasteiger partial charge < -0.3 is 9.73 Å². The zero-order valence-corrected chi connectivity index (χ0v) is 28.8. The van der Waals surface area contributed by atoms with Crippen LogP contribution in [0.1, 0.15) is 16.7 Å². The maximum atomic E-state index is 6.40. The number of amidine groups is 2. The number of benzene rings is 8. The van der Waals surface area contributed by atoms with Crippen molar-refractivity contribution >= 4 is 55.2 Å². The first-order chi connectivity index (χ1) is 25.7. The minimum Gasteiger partial charge on any atom is -0.456 e. The highest BCUT2D eigenvalue weighted by Crippen LogP contribution is 2.37. The number of fused-ring (bicyclic) bond motifs is 5. The Balaban J connectivity index is 1.15. The van der Waals surface area contributed by atoms with Crippen LogP contribution in [0.4, 0.5) is 0 Å². The van der Waals surface area contributed by atoms with E-state index in [2.05, 4.69) is 151 Å². The van der Waals surface area contributed by atoms with Crippen molar-refractivity contribution in [2.45, 2.75) is 6.54 Å². The van der Waals surface area contributed by atoms with Crippen molar-refractivity contribution in [1.29, 1.82) is 0 Å². The lowest BCUT2D eigenvalue weighted by atomic mass is 9.94. The van der Waals surface area contributed by atoms with Crippen LogP contribution in [0.25, 0.3) is 65.7 Å². The molecule has 0 radical (unpaired) electrons. The van der Waals surface area contributed by atoms with Gasteiger partial charge in [0.1, 0.15) is 17.0 Å².